The number of aryl methyl sites for hydroxylation is 1. The monoisotopic (exact) mass is 351 g/mol. The zero-order chi connectivity index (χ0) is 15.4. The summed E-state index contributed by atoms with van der Waals surface area (Å²) in [6, 6.07) is 10.6. The van der Waals surface area contributed by atoms with Crippen molar-refractivity contribution < 1.29 is 9.13 Å². The van der Waals surface area contributed by atoms with Gasteiger partial charge in [-0.1, -0.05) is 28.9 Å². The van der Waals surface area contributed by atoms with Gasteiger partial charge in [0.1, 0.15) is 11.6 Å². The van der Waals surface area contributed by atoms with E-state index in [0.29, 0.717) is 5.75 Å². The van der Waals surface area contributed by atoms with Gasteiger partial charge in [-0.25, -0.2) is 4.39 Å². The first-order valence-electron chi connectivity index (χ1n) is 6.89. The van der Waals surface area contributed by atoms with Gasteiger partial charge in [0.2, 0.25) is 0 Å². The van der Waals surface area contributed by atoms with E-state index < -0.39 is 0 Å². The van der Waals surface area contributed by atoms with E-state index in [-0.39, 0.29) is 11.9 Å². The predicted molar refractivity (Wildman–Crippen MR) is 87.4 cm³/mol. The molecule has 1 atom stereocenters. The molecule has 0 aliphatic carbocycles. The molecule has 0 aromatic heterocycles. The van der Waals surface area contributed by atoms with E-state index in [4.69, 9.17) is 4.74 Å². The van der Waals surface area contributed by atoms with Crippen molar-refractivity contribution in [3.63, 3.8) is 0 Å². The highest BCUT2D eigenvalue weighted by Gasteiger charge is 2.20. The van der Waals surface area contributed by atoms with E-state index in [1.165, 1.54) is 12.1 Å². The Hall–Kier alpha value is -1.39. The molecule has 2 rings (SSSR count). The third-order valence-electron chi connectivity index (χ3n) is 3.46. The van der Waals surface area contributed by atoms with Gasteiger partial charge in [0.15, 0.2) is 0 Å². The van der Waals surface area contributed by atoms with E-state index in [2.05, 4.69) is 40.3 Å². The predicted octanol–water partition coefficient (Wildman–Crippen LogP) is 4.60. The molecule has 0 aliphatic heterocycles. The summed E-state index contributed by atoms with van der Waals surface area (Å²) in [6.45, 7) is 4.86. The fourth-order valence-corrected chi connectivity index (χ4v) is 2.82. The fourth-order valence-electron chi connectivity index (χ4n) is 2.44. The summed E-state index contributed by atoms with van der Waals surface area (Å²) in [5, 5.41) is 3.42. The van der Waals surface area contributed by atoms with Crippen LogP contribution in [0, 0.1) is 12.7 Å². The highest BCUT2D eigenvalue weighted by Crippen LogP contribution is 2.33. The van der Waals surface area contributed by atoms with Gasteiger partial charge in [0, 0.05) is 10.0 Å². The van der Waals surface area contributed by atoms with E-state index >= 15 is 0 Å². The van der Waals surface area contributed by atoms with Gasteiger partial charge in [0.05, 0.1) is 13.2 Å². The van der Waals surface area contributed by atoms with Crippen LogP contribution in [0.3, 0.4) is 0 Å². The average molecular weight is 352 g/mol. The van der Waals surface area contributed by atoms with Gasteiger partial charge in [-0.2, -0.15) is 0 Å². The molecule has 1 unspecified atom stereocenters. The Morgan fingerprint density at radius 3 is 2.62 bits per heavy atom. The summed E-state index contributed by atoms with van der Waals surface area (Å²) in [4.78, 5) is 0. The van der Waals surface area contributed by atoms with E-state index in [0.717, 1.165) is 27.7 Å². The molecule has 0 saturated heterocycles. The minimum Gasteiger partial charge on any atom is -0.496 e. The Morgan fingerprint density at radius 1 is 1.19 bits per heavy atom. The summed E-state index contributed by atoms with van der Waals surface area (Å²) in [5.41, 5.74) is 3.06. The molecule has 1 N–H and O–H groups in total. The van der Waals surface area contributed by atoms with Gasteiger partial charge in [-0.15, -0.1) is 0 Å². The molecule has 2 aromatic carbocycles. The Bertz CT molecular complexity index is 630. The molecule has 21 heavy (non-hydrogen) atoms. The van der Waals surface area contributed by atoms with Gasteiger partial charge in [0.25, 0.3) is 0 Å². The normalized spacial score (nSPS) is 12.2. The first-order chi connectivity index (χ1) is 10.1. The van der Waals surface area contributed by atoms with Crippen molar-refractivity contribution in [1.29, 1.82) is 0 Å². The first kappa shape index (κ1) is 16.0. The zero-order valence-corrected chi connectivity index (χ0v) is 14.0. The molecule has 0 amide bonds. The molecule has 2 nitrogen and oxygen atoms in total. The second kappa shape index (κ2) is 7.05. The molecule has 0 heterocycles. The SMILES string of the molecule is CCNC(c1cc(Br)ccc1C)c1cc(F)ccc1OC. The second-order valence-electron chi connectivity index (χ2n) is 4.88. The molecule has 2 aromatic rings. The maximum absolute atomic E-state index is 13.7. The quantitative estimate of drug-likeness (QED) is 0.849. The van der Waals surface area contributed by atoms with Gasteiger partial charge in [-0.05, 0) is 54.9 Å². The van der Waals surface area contributed by atoms with Crippen LogP contribution in [0.15, 0.2) is 40.9 Å². The Balaban J connectivity index is 2.58. The summed E-state index contributed by atoms with van der Waals surface area (Å²) in [5.74, 6) is 0.420. The van der Waals surface area contributed by atoms with Crippen molar-refractivity contribution in [1.82, 2.24) is 5.32 Å². The van der Waals surface area contributed by atoms with Crippen LogP contribution >= 0.6 is 15.9 Å². The Labute approximate surface area is 133 Å². The van der Waals surface area contributed by atoms with Crippen molar-refractivity contribution in [3.05, 3.63) is 63.4 Å². The van der Waals surface area contributed by atoms with E-state index in [1.807, 2.05) is 13.0 Å². The lowest BCUT2D eigenvalue weighted by Gasteiger charge is -2.23. The Kier molecular flexibility index (Phi) is 5.37. The molecule has 0 spiro atoms. The molecule has 0 fully saturated rings. The van der Waals surface area contributed by atoms with Crippen molar-refractivity contribution in [2.75, 3.05) is 13.7 Å². The molecule has 4 heteroatoms. The van der Waals surface area contributed by atoms with Gasteiger partial charge < -0.3 is 10.1 Å². The second-order valence-corrected chi connectivity index (χ2v) is 5.79. The zero-order valence-electron chi connectivity index (χ0n) is 12.4. The smallest absolute Gasteiger partial charge is 0.124 e. The van der Waals surface area contributed by atoms with Crippen LogP contribution in [-0.2, 0) is 0 Å². The van der Waals surface area contributed by atoms with Crippen LogP contribution < -0.4 is 10.1 Å². The summed E-state index contributed by atoms with van der Waals surface area (Å²) < 4.78 is 20.1. The van der Waals surface area contributed by atoms with Crippen LogP contribution in [0.2, 0.25) is 0 Å². The van der Waals surface area contributed by atoms with E-state index in [1.54, 1.807) is 13.2 Å². The van der Waals surface area contributed by atoms with Crippen molar-refractivity contribution in [2.24, 2.45) is 0 Å². The molecule has 0 saturated carbocycles. The van der Waals surface area contributed by atoms with Crippen LogP contribution in [0.25, 0.3) is 0 Å². The van der Waals surface area contributed by atoms with Crippen LogP contribution in [0.1, 0.15) is 29.7 Å². The maximum Gasteiger partial charge on any atom is 0.124 e. The lowest BCUT2D eigenvalue weighted by atomic mass is 9.94. The minimum atomic E-state index is -0.263. The number of hydrogen-bond donors (Lipinski definition) is 1. The number of nitrogens with one attached hydrogen (secondary N) is 1. The lowest BCUT2D eigenvalue weighted by Crippen LogP contribution is -2.23. The number of benzene rings is 2. The van der Waals surface area contributed by atoms with E-state index in [9.17, 15) is 4.39 Å². The Morgan fingerprint density at radius 2 is 1.95 bits per heavy atom. The fraction of sp³-hybridized carbons (Fsp3) is 0.294. The first-order valence-corrected chi connectivity index (χ1v) is 7.69. The largest absolute Gasteiger partial charge is 0.496 e. The highest BCUT2D eigenvalue weighted by atomic mass is 79.9. The number of ether oxygens (including phenoxy) is 1. The highest BCUT2D eigenvalue weighted by molar-refractivity contribution is 9.10. The molecule has 0 radical (unpaired) electrons. The molecule has 0 bridgehead atoms. The molecular formula is C17H19BrFNO. The average Bonchev–Trinajstić information content (AvgIpc) is 2.47. The van der Waals surface area contributed by atoms with Crippen molar-refractivity contribution in [3.8, 4) is 5.75 Å². The van der Waals surface area contributed by atoms with Crippen molar-refractivity contribution >= 4 is 15.9 Å². The minimum absolute atomic E-state index is 0.113. The summed E-state index contributed by atoms with van der Waals surface area (Å²) >= 11 is 3.51. The number of halogens is 2. The summed E-state index contributed by atoms with van der Waals surface area (Å²) in [6.07, 6.45) is 0. The number of hydrogen-bond acceptors (Lipinski definition) is 2. The van der Waals surface area contributed by atoms with Crippen molar-refractivity contribution in [2.45, 2.75) is 19.9 Å². The molecule has 0 aliphatic rings. The number of methoxy groups -OCH3 is 1. The van der Waals surface area contributed by atoms with Crippen LogP contribution in [0.5, 0.6) is 5.75 Å². The molecule has 112 valence electrons. The third kappa shape index (κ3) is 3.63. The summed E-state index contributed by atoms with van der Waals surface area (Å²) in [7, 11) is 1.60. The van der Waals surface area contributed by atoms with Crippen LogP contribution in [-0.4, -0.2) is 13.7 Å². The maximum atomic E-state index is 13.7. The van der Waals surface area contributed by atoms with Gasteiger partial charge >= 0.3 is 0 Å². The lowest BCUT2D eigenvalue weighted by molar-refractivity contribution is 0.402. The number of rotatable bonds is 5. The molecular weight excluding hydrogens is 333 g/mol. The van der Waals surface area contributed by atoms with Gasteiger partial charge in [-0.3, -0.25) is 0 Å². The van der Waals surface area contributed by atoms with Crippen LogP contribution in [0.4, 0.5) is 4.39 Å². The standard InChI is InChI=1S/C17H19BrFNO/c1-4-20-17(14-9-12(18)6-5-11(14)2)15-10-13(19)7-8-16(15)21-3/h5-10,17,20H,4H2,1-3H3. The topological polar surface area (TPSA) is 21.3 Å². The third-order valence-corrected chi connectivity index (χ3v) is 3.96.